The number of pyridine rings is 1. The van der Waals surface area contributed by atoms with Crippen molar-refractivity contribution in [1.82, 2.24) is 4.98 Å². The molecule has 3 rings (SSSR count). The summed E-state index contributed by atoms with van der Waals surface area (Å²) in [6.45, 7) is 0. The molecule has 8 heteroatoms. The first-order valence-corrected chi connectivity index (χ1v) is 8.64. The molecule has 22 heavy (non-hydrogen) atoms. The first-order chi connectivity index (χ1) is 10.4. The Morgan fingerprint density at radius 1 is 1.23 bits per heavy atom. The number of nitrogens with one attached hydrogen (secondary N) is 1. The number of anilines is 1. The van der Waals surface area contributed by atoms with Crippen LogP contribution >= 0.6 is 11.3 Å². The normalized spacial score (nSPS) is 11.5. The van der Waals surface area contributed by atoms with Crippen molar-refractivity contribution in [2.45, 2.75) is 4.21 Å². The number of carbonyl (C=O) groups excluding carboxylic acids is 1. The lowest BCUT2D eigenvalue weighted by Crippen LogP contribution is -2.13. The van der Waals surface area contributed by atoms with Gasteiger partial charge in [0.1, 0.15) is 4.21 Å². The molecule has 0 unspecified atom stereocenters. The predicted octanol–water partition coefficient (Wildman–Crippen LogP) is 2.20. The summed E-state index contributed by atoms with van der Waals surface area (Å²) in [5.41, 5.74) is 1.47. The third-order valence-corrected chi connectivity index (χ3v) is 5.39. The Kier molecular flexibility index (Phi) is 3.65. The number of hydrogen-bond donors (Lipinski definition) is 2. The zero-order valence-corrected chi connectivity index (χ0v) is 12.8. The fraction of sp³-hybridized carbons (Fsp3) is 0. The fourth-order valence-corrected chi connectivity index (χ4v) is 3.57. The lowest BCUT2D eigenvalue weighted by atomic mass is 10.2. The van der Waals surface area contributed by atoms with Gasteiger partial charge in [0.2, 0.25) is 10.0 Å². The maximum absolute atomic E-state index is 12.2. The van der Waals surface area contributed by atoms with E-state index >= 15 is 0 Å². The highest BCUT2D eigenvalue weighted by molar-refractivity contribution is 7.91. The van der Waals surface area contributed by atoms with E-state index in [2.05, 4.69) is 10.3 Å². The van der Waals surface area contributed by atoms with Gasteiger partial charge < -0.3 is 5.32 Å². The highest BCUT2D eigenvalue weighted by atomic mass is 32.2. The van der Waals surface area contributed by atoms with Crippen LogP contribution in [-0.2, 0) is 10.0 Å². The largest absolute Gasteiger partial charge is 0.320 e. The molecule has 1 amide bonds. The Balaban J connectivity index is 1.92. The molecule has 0 bridgehead atoms. The number of para-hydroxylation sites is 1. The fourth-order valence-electron chi connectivity index (χ4n) is 1.98. The van der Waals surface area contributed by atoms with Crippen molar-refractivity contribution in [2.24, 2.45) is 5.14 Å². The standard InChI is InChI=1S/C14H11N3O3S2/c15-22(19,20)12-7-10(8-21-12)14(18)17-11-5-1-3-9-4-2-6-16-13(9)11/h1-8H,(H,17,18)(H2,15,19,20). The first-order valence-electron chi connectivity index (χ1n) is 6.21. The smallest absolute Gasteiger partial charge is 0.256 e. The minimum absolute atomic E-state index is 0.0475. The molecule has 3 aromatic rings. The van der Waals surface area contributed by atoms with Crippen LogP contribution < -0.4 is 10.5 Å². The topological polar surface area (TPSA) is 102 Å². The number of primary sulfonamides is 1. The molecular weight excluding hydrogens is 322 g/mol. The summed E-state index contributed by atoms with van der Waals surface area (Å²) in [5, 5.41) is 10.1. The van der Waals surface area contributed by atoms with Crippen LogP contribution in [0.25, 0.3) is 10.9 Å². The molecule has 0 spiro atoms. The molecule has 1 aromatic carbocycles. The molecule has 0 aliphatic heterocycles. The van der Waals surface area contributed by atoms with Gasteiger partial charge in [-0.05, 0) is 18.2 Å². The Morgan fingerprint density at radius 2 is 2.00 bits per heavy atom. The number of rotatable bonds is 3. The SMILES string of the molecule is NS(=O)(=O)c1cc(C(=O)Nc2cccc3cccnc23)cs1. The minimum atomic E-state index is -3.80. The number of aromatic nitrogens is 1. The summed E-state index contributed by atoms with van der Waals surface area (Å²) in [4.78, 5) is 16.5. The van der Waals surface area contributed by atoms with E-state index in [4.69, 9.17) is 5.14 Å². The monoisotopic (exact) mass is 333 g/mol. The van der Waals surface area contributed by atoms with Gasteiger partial charge >= 0.3 is 0 Å². The van der Waals surface area contributed by atoms with Crippen LogP contribution in [0.5, 0.6) is 0 Å². The van der Waals surface area contributed by atoms with Crippen LogP contribution in [0, 0.1) is 0 Å². The van der Waals surface area contributed by atoms with Crippen LogP contribution in [0.3, 0.4) is 0 Å². The van der Waals surface area contributed by atoms with Crippen LogP contribution in [0.4, 0.5) is 5.69 Å². The van der Waals surface area contributed by atoms with Crippen molar-refractivity contribution in [3.63, 3.8) is 0 Å². The number of hydrogen-bond acceptors (Lipinski definition) is 5. The second-order valence-corrected chi connectivity index (χ2v) is 7.23. The van der Waals surface area contributed by atoms with Crippen LogP contribution in [0.1, 0.15) is 10.4 Å². The van der Waals surface area contributed by atoms with Crippen molar-refractivity contribution in [3.8, 4) is 0 Å². The molecule has 0 atom stereocenters. The number of fused-ring (bicyclic) bond motifs is 1. The second kappa shape index (κ2) is 5.48. The molecule has 0 saturated carbocycles. The van der Waals surface area contributed by atoms with Gasteiger partial charge in [0.05, 0.1) is 16.8 Å². The van der Waals surface area contributed by atoms with Gasteiger partial charge in [0.25, 0.3) is 5.91 Å². The van der Waals surface area contributed by atoms with E-state index < -0.39 is 15.9 Å². The summed E-state index contributed by atoms with van der Waals surface area (Å²) in [5.74, 6) is -0.413. The van der Waals surface area contributed by atoms with Gasteiger partial charge in [-0.1, -0.05) is 18.2 Å². The van der Waals surface area contributed by atoms with Crippen molar-refractivity contribution in [2.75, 3.05) is 5.32 Å². The number of benzene rings is 1. The zero-order chi connectivity index (χ0) is 15.7. The molecule has 112 valence electrons. The van der Waals surface area contributed by atoms with E-state index in [1.807, 2.05) is 24.3 Å². The molecule has 2 heterocycles. The first kappa shape index (κ1) is 14.6. The van der Waals surface area contributed by atoms with Gasteiger partial charge in [-0.3, -0.25) is 9.78 Å². The number of nitrogens with zero attached hydrogens (tertiary/aromatic N) is 1. The van der Waals surface area contributed by atoms with E-state index in [-0.39, 0.29) is 9.77 Å². The summed E-state index contributed by atoms with van der Waals surface area (Å²) >= 11 is 0.910. The molecule has 3 N–H and O–H groups in total. The summed E-state index contributed by atoms with van der Waals surface area (Å²) in [7, 11) is -3.80. The van der Waals surface area contributed by atoms with Crippen molar-refractivity contribution in [1.29, 1.82) is 0 Å². The van der Waals surface area contributed by atoms with Gasteiger partial charge in [-0.2, -0.15) is 0 Å². The number of sulfonamides is 1. The lowest BCUT2D eigenvalue weighted by molar-refractivity contribution is 0.102. The van der Waals surface area contributed by atoms with E-state index in [0.29, 0.717) is 11.2 Å². The van der Waals surface area contributed by atoms with Gasteiger partial charge in [-0.15, -0.1) is 11.3 Å². The van der Waals surface area contributed by atoms with Crippen molar-refractivity contribution in [3.05, 3.63) is 53.5 Å². The van der Waals surface area contributed by atoms with E-state index in [9.17, 15) is 13.2 Å². The van der Waals surface area contributed by atoms with E-state index in [1.54, 1.807) is 12.3 Å². The van der Waals surface area contributed by atoms with Gasteiger partial charge in [-0.25, -0.2) is 13.6 Å². The predicted molar refractivity (Wildman–Crippen MR) is 85.4 cm³/mol. The Labute approximate surface area is 130 Å². The highest BCUT2D eigenvalue weighted by Crippen LogP contribution is 2.23. The second-order valence-electron chi connectivity index (χ2n) is 4.53. The summed E-state index contributed by atoms with van der Waals surface area (Å²) in [6.07, 6.45) is 1.64. The van der Waals surface area contributed by atoms with Crippen LogP contribution in [0.2, 0.25) is 0 Å². The van der Waals surface area contributed by atoms with Crippen LogP contribution in [-0.4, -0.2) is 19.3 Å². The van der Waals surface area contributed by atoms with Crippen molar-refractivity contribution >= 4 is 43.9 Å². The number of amides is 1. The third-order valence-electron chi connectivity index (χ3n) is 3.00. The maximum atomic E-state index is 12.2. The maximum Gasteiger partial charge on any atom is 0.256 e. The van der Waals surface area contributed by atoms with E-state index in [0.717, 1.165) is 16.7 Å². The molecule has 0 aliphatic carbocycles. The summed E-state index contributed by atoms with van der Waals surface area (Å²) in [6, 6.07) is 10.4. The Hall–Kier alpha value is -2.29. The lowest BCUT2D eigenvalue weighted by Gasteiger charge is -2.06. The molecule has 0 fully saturated rings. The van der Waals surface area contributed by atoms with Gasteiger partial charge in [0, 0.05) is 17.0 Å². The molecule has 0 aliphatic rings. The van der Waals surface area contributed by atoms with Crippen molar-refractivity contribution < 1.29 is 13.2 Å². The molecule has 0 saturated heterocycles. The minimum Gasteiger partial charge on any atom is -0.320 e. The number of carbonyl (C=O) groups is 1. The van der Waals surface area contributed by atoms with Gasteiger partial charge in [0.15, 0.2) is 0 Å². The highest BCUT2D eigenvalue weighted by Gasteiger charge is 2.16. The summed E-state index contributed by atoms with van der Waals surface area (Å²) < 4.78 is 22.4. The Bertz CT molecular complexity index is 959. The molecular formula is C14H11N3O3S2. The third kappa shape index (κ3) is 2.84. The average Bonchev–Trinajstić information content (AvgIpc) is 2.98. The molecule has 0 radical (unpaired) electrons. The quantitative estimate of drug-likeness (QED) is 0.767. The number of thiophene rings is 1. The average molecular weight is 333 g/mol. The van der Waals surface area contributed by atoms with E-state index in [1.165, 1.54) is 11.4 Å². The van der Waals surface area contributed by atoms with Crippen LogP contribution in [0.15, 0.2) is 52.2 Å². The Morgan fingerprint density at radius 3 is 2.73 bits per heavy atom. The zero-order valence-electron chi connectivity index (χ0n) is 11.2. The number of nitrogens with two attached hydrogens (primary N) is 1. The molecule has 6 nitrogen and oxygen atoms in total. The molecule has 2 aromatic heterocycles.